The Balaban J connectivity index is 1.74. The van der Waals surface area contributed by atoms with E-state index in [4.69, 9.17) is 33.2 Å². The molecule has 0 aromatic heterocycles. The van der Waals surface area contributed by atoms with Crippen molar-refractivity contribution in [3.05, 3.63) is 0 Å². The second-order valence-electron chi connectivity index (χ2n) is 8.94. The van der Waals surface area contributed by atoms with Crippen molar-refractivity contribution in [3.63, 3.8) is 0 Å². The summed E-state index contributed by atoms with van der Waals surface area (Å²) in [6, 6.07) is 0. The number of esters is 1. The van der Waals surface area contributed by atoms with Crippen LogP contribution in [0.15, 0.2) is 0 Å². The number of rotatable bonds is 23. The number of hydrogen-bond donors (Lipinski definition) is 0. The van der Waals surface area contributed by atoms with Crippen molar-refractivity contribution < 1.29 is 47.5 Å². The number of carbonyl (C=O) groups excluding carboxylic acids is 3. The molecule has 1 aliphatic rings. The zero-order chi connectivity index (χ0) is 27.8. The zero-order valence-corrected chi connectivity index (χ0v) is 24.1. The summed E-state index contributed by atoms with van der Waals surface area (Å²) in [5.41, 5.74) is 0. The Morgan fingerprint density at radius 1 is 0.684 bits per heavy atom. The van der Waals surface area contributed by atoms with Crippen LogP contribution in [0.25, 0.3) is 0 Å². The average Bonchev–Trinajstić information content (AvgIpc) is 2.92. The van der Waals surface area contributed by atoms with Crippen LogP contribution in [0.5, 0.6) is 0 Å². The van der Waals surface area contributed by atoms with Crippen LogP contribution < -0.4 is 0 Å². The molecule has 0 saturated carbocycles. The van der Waals surface area contributed by atoms with Gasteiger partial charge in [-0.3, -0.25) is 9.59 Å². The molecule has 1 amide bonds. The molecule has 11 nitrogen and oxygen atoms in total. The van der Waals surface area contributed by atoms with Crippen LogP contribution >= 0.6 is 11.8 Å². The van der Waals surface area contributed by atoms with E-state index in [-0.39, 0.29) is 56.4 Å². The third kappa shape index (κ3) is 18.8. The first kappa shape index (κ1) is 34.6. The highest BCUT2D eigenvalue weighted by Gasteiger charge is 2.22. The van der Waals surface area contributed by atoms with Crippen LogP contribution in [-0.2, 0) is 42.7 Å². The maximum absolute atomic E-state index is 12.0. The fraction of sp³-hybridized carbons (Fsp3) is 0.885. The summed E-state index contributed by atoms with van der Waals surface area (Å²) in [5, 5.41) is 0.643. The summed E-state index contributed by atoms with van der Waals surface area (Å²) < 4.78 is 37.3. The molecule has 1 saturated heterocycles. The molecule has 1 heterocycles. The van der Waals surface area contributed by atoms with Crippen LogP contribution in [0.1, 0.15) is 39.5 Å². The Labute approximate surface area is 231 Å². The van der Waals surface area contributed by atoms with Gasteiger partial charge in [-0.1, -0.05) is 13.8 Å². The predicted octanol–water partition coefficient (Wildman–Crippen LogP) is 2.58. The van der Waals surface area contributed by atoms with E-state index in [1.165, 1.54) is 0 Å². The minimum atomic E-state index is -0.386. The third-order valence-electron chi connectivity index (χ3n) is 5.68. The van der Waals surface area contributed by atoms with E-state index in [0.717, 1.165) is 25.9 Å². The van der Waals surface area contributed by atoms with Gasteiger partial charge in [0.1, 0.15) is 19.0 Å². The lowest BCUT2D eigenvalue weighted by Crippen LogP contribution is -2.39. The topological polar surface area (TPSA) is 119 Å². The number of nitrogens with zero attached hydrogens (tertiary/aromatic N) is 1. The molecule has 38 heavy (non-hydrogen) atoms. The van der Waals surface area contributed by atoms with Crippen molar-refractivity contribution in [1.82, 2.24) is 4.90 Å². The fourth-order valence-electron chi connectivity index (χ4n) is 3.34. The first-order chi connectivity index (χ1) is 18.4. The zero-order valence-electron chi connectivity index (χ0n) is 23.3. The third-order valence-corrected chi connectivity index (χ3v) is 6.82. The average molecular weight is 566 g/mol. The van der Waals surface area contributed by atoms with Gasteiger partial charge in [0.2, 0.25) is 0 Å². The summed E-state index contributed by atoms with van der Waals surface area (Å²) in [4.78, 5) is 36.8. The molecule has 222 valence electrons. The van der Waals surface area contributed by atoms with E-state index in [2.05, 4.69) is 6.26 Å². The Kier molecular flexibility index (Phi) is 21.3. The first-order valence-electron chi connectivity index (χ1n) is 13.5. The van der Waals surface area contributed by atoms with Gasteiger partial charge in [0, 0.05) is 30.7 Å². The Morgan fingerprint density at radius 3 is 1.53 bits per heavy atom. The summed E-state index contributed by atoms with van der Waals surface area (Å²) in [6.07, 6.45) is 4.20. The number of likely N-dealkylation sites (tertiary alicyclic amines) is 1. The van der Waals surface area contributed by atoms with Gasteiger partial charge in [-0.2, -0.15) is 11.8 Å². The van der Waals surface area contributed by atoms with E-state index in [0.29, 0.717) is 64.7 Å². The highest BCUT2D eigenvalue weighted by molar-refractivity contribution is 7.99. The van der Waals surface area contributed by atoms with E-state index < -0.39 is 0 Å². The van der Waals surface area contributed by atoms with Crippen LogP contribution in [-0.4, -0.2) is 127 Å². The minimum absolute atomic E-state index is 0.0573. The highest BCUT2D eigenvalue weighted by Crippen LogP contribution is 2.21. The molecule has 0 aliphatic carbocycles. The molecule has 12 heteroatoms. The summed E-state index contributed by atoms with van der Waals surface area (Å²) >= 11 is 1.86. The summed E-state index contributed by atoms with van der Waals surface area (Å²) in [7, 11) is 0. The molecular weight excluding hydrogens is 518 g/mol. The monoisotopic (exact) mass is 565 g/mol. The number of piperidine rings is 1. The number of thioether (sulfide) groups is 1. The van der Waals surface area contributed by atoms with E-state index >= 15 is 0 Å². The van der Waals surface area contributed by atoms with E-state index in [9.17, 15) is 14.4 Å². The van der Waals surface area contributed by atoms with Gasteiger partial charge in [0.15, 0.2) is 0 Å². The van der Waals surface area contributed by atoms with Gasteiger partial charge < -0.3 is 38.1 Å². The lowest BCUT2D eigenvalue weighted by Gasteiger charge is -2.30. The molecule has 0 aromatic carbocycles. The SMILES string of the molecule is CSC1CCN(C(=O)OCCOCCOCCOCCOCCOCCOC(=O)CCC(=O)C(C)C)CC1. The van der Waals surface area contributed by atoms with Crippen molar-refractivity contribution in [2.45, 2.75) is 44.8 Å². The number of ketones is 1. The van der Waals surface area contributed by atoms with Crippen LogP contribution in [0, 0.1) is 5.92 Å². The molecule has 1 fully saturated rings. The largest absolute Gasteiger partial charge is 0.463 e. The van der Waals surface area contributed by atoms with Gasteiger partial charge in [-0.15, -0.1) is 0 Å². The standard InChI is InChI=1S/C26H47NO10S/c1-22(2)24(28)4-5-25(29)36-20-18-34-16-14-32-12-10-31-11-13-33-15-17-35-19-21-37-26(30)27-8-6-23(38-3)7-9-27/h22-23H,4-21H2,1-3H3. The smallest absolute Gasteiger partial charge is 0.409 e. The van der Waals surface area contributed by atoms with Gasteiger partial charge in [0.05, 0.1) is 72.5 Å². The highest BCUT2D eigenvalue weighted by atomic mass is 32.2. The quantitative estimate of drug-likeness (QED) is 0.134. The molecule has 0 radical (unpaired) electrons. The lowest BCUT2D eigenvalue weighted by atomic mass is 10.1. The van der Waals surface area contributed by atoms with Gasteiger partial charge in [-0.25, -0.2) is 4.79 Å². The maximum atomic E-state index is 12.0. The summed E-state index contributed by atoms with van der Waals surface area (Å²) in [6.45, 7) is 9.65. The molecular formula is C26H47NO10S. The number of hydrogen-bond acceptors (Lipinski definition) is 11. The van der Waals surface area contributed by atoms with Crippen molar-refractivity contribution in [1.29, 1.82) is 0 Å². The molecule has 1 aliphatic heterocycles. The first-order valence-corrected chi connectivity index (χ1v) is 14.7. The molecule has 0 aromatic rings. The number of carbonyl (C=O) groups is 3. The van der Waals surface area contributed by atoms with Crippen LogP contribution in [0.3, 0.4) is 0 Å². The van der Waals surface area contributed by atoms with E-state index in [1.807, 2.05) is 25.6 Å². The normalized spacial score (nSPS) is 14.2. The molecule has 0 N–H and O–H groups in total. The Bertz CT molecular complexity index is 629. The van der Waals surface area contributed by atoms with Gasteiger partial charge in [0.25, 0.3) is 0 Å². The molecule has 0 atom stereocenters. The minimum Gasteiger partial charge on any atom is -0.463 e. The second kappa shape index (κ2) is 23.4. The molecule has 0 bridgehead atoms. The lowest BCUT2D eigenvalue weighted by molar-refractivity contribution is -0.146. The maximum Gasteiger partial charge on any atom is 0.409 e. The fourth-order valence-corrected chi connectivity index (χ4v) is 4.02. The van der Waals surface area contributed by atoms with Gasteiger partial charge >= 0.3 is 12.1 Å². The van der Waals surface area contributed by atoms with Crippen molar-refractivity contribution in [2.24, 2.45) is 5.92 Å². The Morgan fingerprint density at radius 2 is 1.11 bits per heavy atom. The van der Waals surface area contributed by atoms with Crippen LogP contribution in [0.4, 0.5) is 4.79 Å². The molecule has 1 rings (SSSR count). The number of ether oxygens (including phenoxy) is 7. The predicted molar refractivity (Wildman–Crippen MR) is 144 cm³/mol. The number of Topliss-reactive ketones (excluding diaryl/α,β-unsaturated/α-hetero) is 1. The Hall–Kier alpha value is -1.44. The number of amides is 1. The van der Waals surface area contributed by atoms with Crippen molar-refractivity contribution in [2.75, 3.05) is 98.6 Å². The molecule has 0 spiro atoms. The summed E-state index contributed by atoms with van der Waals surface area (Å²) in [5.74, 6) is -0.394. The van der Waals surface area contributed by atoms with Gasteiger partial charge in [-0.05, 0) is 19.1 Å². The van der Waals surface area contributed by atoms with Crippen molar-refractivity contribution in [3.8, 4) is 0 Å². The molecule has 0 unspecified atom stereocenters. The second-order valence-corrected chi connectivity index (χ2v) is 10.1. The van der Waals surface area contributed by atoms with E-state index in [1.54, 1.807) is 4.90 Å². The van der Waals surface area contributed by atoms with Crippen molar-refractivity contribution >= 4 is 29.6 Å². The van der Waals surface area contributed by atoms with Crippen LogP contribution in [0.2, 0.25) is 0 Å².